The molecule has 0 aliphatic carbocycles. The number of hydrogen-bond acceptors (Lipinski definition) is 2. The van der Waals surface area contributed by atoms with E-state index < -0.39 is 0 Å². The summed E-state index contributed by atoms with van der Waals surface area (Å²) in [6, 6.07) is 16.8. The quantitative estimate of drug-likeness (QED) is 0.663. The van der Waals surface area contributed by atoms with Gasteiger partial charge in [-0.3, -0.25) is 9.78 Å². The Morgan fingerprint density at radius 2 is 1.74 bits per heavy atom. The normalized spacial score (nSPS) is 10.6. The van der Waals surface area contributed by atoms with Crippen LogP contribution in [0.2, 0.25) is 0 Å². The van der Waals surface area contributed by atoms with Crippen molar-refractivity contribution in [1.29, 1.82) is 0 Å². The fourth-order valence-corrected chi connectivity index (χ4v) is 2.32. The van der Waals surface area contributed by atoms with Crippen molar-refractivity contribution in [2.45, 2.75) is 0 Å². The third-order valence-electron chi connectivity index (χ3n) is 3.00. The second-order valence-corrected chi connectivity index (χ2v) is 5.13. The summed E-state index contributed by atoms with van der Waals surface area (Å²) in [4.78, 5) is 16.8. The molecule has 1 heterocycles. The van der Waals surface area contributed by atoms with Crippen molar-refractivity contribution in [2.75, 3.05) is 0 Å². The van der Waals surface area contributed by atoms with E-state index in [-0.39, 0.29) is 5.78 Å². The molecule has 0 N–H and O–H groups in total. The molecule has 2 aromatic carbocycles. The largest absolute Gasteiger partial charge is 0.289 e. The van der Waals surface area contributed by atoms with Gasteiger partial charge < -0.3 is 0 Å². The minimum Gasteiger partial charge on any atom is -0.289 e. The minimum atomic E-state index is 0.0195. The highest BCUT2D eigenvalue weighted by atomic mass is 79.9. The van der Waals surface area contributed by atoms with Gasteiger partial charge in [0, 0.05) is 27.2 Å². The number of pyridine rings is 1. The highest BCUT2D eigenvalue weighted by molar-refractivity contribution is 9.10. The third kappa shape index (κ3) is 2.29. The van der Waals surface area contributed by atoms with E-state index in [9.17, 15) is 4.79 Å². The molecule has 0 unspecified atom stereocenters. The Balaban J connectivity index is 2.14. The number of hydrogen-bond donors (Lipinski definition) is 0. The first kappa shape index (κ1) is 12.1. The molecular formula is C16H10BrNO. The molecule has 0 amide bonds. The van der Waals surface area contributed by atoms with E-state index in [1.54, 1.807) is 6.20 Å². The van der Waals surface area contributed by atoms with Crippen molar-refractivity contribution in [3.8, 4) is 0 Å². The molecule has 0 spiro atoms. The number of rotatable bonds is 2. The van der Waals surface area contributed by atoms with Gasteiger partial charge in [0.1, 0.15) is 0 Å². The van der Waals surface area contributed by atoms with Crippen LogP contribution in [-0.4, -0.2) is 10.8 Å². The molecule has 2 nitrogen and oxygen atoms in total. The average Bonchev–Trinajstić information content (AvgIpc) is 2.47. The van der Waals surface area contributed by atoms with E-state index in [1.807, 2.05) is 54.6 Å². The number of ketones is 1. The summed E-state index contributed by atoms with van der Waals surface area (Å²) < 4.78 is 0.962. The maximum absolute atomic E-state index is 12.5. The standard InChI is InChI=1S/C16H10BrNO/c17-12-8-6-11(7-9-12)16(19)14-3-1-5-15-13(14)4-2-10-18-15/h1-10H. The highest BCUT2D eigenvalue weighted by Crippen LogP contribution is 2.20. The summed E-state index contributed by atoms with van der Waals surface area (Å²) in [6.45, 7) is 0. The molecule has 0 radical (unpaired) electrons. The maximum Gasteiger partial charge on any atom is 0.193 e. The first-order valence-electron chi connectivity index (χ1n) is 5.90. The molecular weight excluding hydrogens is 302 g/mol. The van der Waals surface area contributed by atoms with Gasteiger partial charge >= 0.3 is 0 Å². The fraction of sp³-hybridized carbons (Fsp3) is 0. The van der Waals surface area contributed by atoms with Gasteiger partial charge in [0.05, 0.1) is 5.52 Å². The fourth-order valence-electron chi connectivity index (χ4n) is 2.06. The summed E-state index contributed by atoms with van der Waals surface area (Å²) in [5.74, 6) is 0.0195. The topological polar surface area (TPSA) is 30.0 Å². The van der Waals surface area contributed by atoms with E-state index in [0.717, 1.165) is 15.4 Å². The van der Waals surface area contributed by atoms with Crippen LogP contribution >= 0.6 is 15.9 Å². The summed E-state index contributed by atoms with van der Waals surface area (Å²) in [5, 5.41) is 0.887. The smallest absolute Gasteiger partial charge is 0.193 e. The maximum atomic E-state index is 12.5. The van der Waals surface area contributed by atoms with Gasteiger partial charge in [-0.2, -0.15) is 0 Å². The van der Waals surface area contributed by atoms with Crippen molar-refractivity contribution >= 4 is 32.6 Å². The zero-order valence-corrected chi connectivity index (χ0v) is 11.6. The lowest BCUT2D eigenvalue weighted by Gasteiger charge is -2.05. The molecule has 0 bridgehead atoms. The van der Waals surface area contributed by atoms with Crippen LogP contribution in [0, 0.1) is 0 Å². The van der Waals surface area contributed by atoms with Crippen LogP contribution in [0.25, 0.3) is 10.9 Å². The Morgan fingerprint density at radius 1 is 0.947 bits per heavy atom. The van der Waals surface area contributed by atoms with E-state index in [2.05, 4.69) is 20.9 Å². The van der Waals surface area contributed by atoms with Crippen molar-refractivity contribution < 1.29 is 4.79 Å². The van der Waals surface area contributed by atoms with Crippen LogP contribution in [0.3, 0.4) is 0 Å². The van der Waals surface area contributed by atoms with Gasteiger partial charge in [-0.25, -0.2) is 0 Å². The van der Waals surface area contributed by atoms with Crippen LogP contribution in [0.5, 0.6) is 0 Å². The number of nitrogens with zero attached hydrogens (tertiary/aromatic N) is 1. The van der Waals surface area contributed by atoms with Crippen LogP contribution in [0.15, 0.2) is 65.3 Å². The lowest BCUT2D eigenvalue weighted by Crippen LogP contribution is -2.02. The van der Waals surface area contributed by atoms with E-state index in [1.165, 1.54) is 0 Å². The number of aromatic nitrogens is 1. The molecule has 0 fully saturated rings. The van der Waals surface area contributed by atoms with Crippen LogP contribution < -0.4 is 0 Å². The predicted octanol–water partition coefficient (Wildman–Crippen LogP) is 4.23. The van der Waals surface area contributed by atoms with Gasteiger partial charge in [0.25, 0.3) is 0 Å². The Morgan fingerprint density at radius 3 is 2.53 bits per heavy atom. The number of carbonyl (C=O) groups excluding carboxylic acids is 1. The van der Waals surface area contributed by atoms with Crippen molar-refractivity contribution in [1.82, 2.24) is 4.98 Å². The molecule has 3 rings (SSSR count). The number of halogens is 1. The molecule has 19 heavy (non-hydrogen) atoms. The molecule has 0 aliphatic rings. The lowest BCUT2D eigenvalue weighted by molar-refractivity contribution is 0.104. The van der Waals surface area contributed by atoms with Crippen molar-refractivity contribution in [2.24, 2.45) is 0 Å². The first-order chi connectivity index (χ1) is 9.25. The summed E-state index contributed by atoms with van der Waals surface area (Å²) in [6.07, 6.45) is 1.73. The molecule has 0 saturated heterocycles. The summed E-state index contributed by atoms with van der Waals surface area (Å²) in [7, 11) is 0. The van der Waals surface area contributed by atoms with Crippen molar-refractivity contribution in [3.63, 3.8) is 0 Å². The van der Waals surface area contributed by atoms with Crippen molar-refractivity contribution in [3.05, 3.63) is 76.4 Å². The van der Waals surface area contributed by atoms with Gasteiger partial charge in [0.2, 0.25) is 0 Å². The van der Waals surface area contributed by atoms with Crippen LogP contribution in [0.1, 0.15) is 15.9 Å². The zero-order valence-electron chi connectivity index (χ0n) is 10.0. The molecule has 92 valence electrons. The zero-order chi connectivity index (χ0) is 13.2. The van der Waals surface area contributed by atoms with E-state index in [4.69, 9.17) is 0 Å². The number of fused-ring (bicyclic) bond motifs is 1. The molecule has 0 atom stereocenters. The van der Waals surface area contributed by atoms with Gasteiger partial charge in [-0.15, -0.1) is 0 Å². The van der Waals surface area contributed by atoms with Gasteiger partial charge in [0.15, 0.2) is 5.78 Å². The second kappa shape index (κ2) is 4.94. The average molecular weight is 312 g/mol. The van der Waals surface area contributed by atoms with Crippen LogP contribution in [-0.2, 0) is 0 Å². The second-order valence-electron chi connectivity index (χ2n) is 4.21. The predicted molar refractivity (Wildman–Crippen MR) is 79.3 cm³/mol. The Kier molecular flexibility index (Phi) is 3.13. The van der Waals surface area contributed by atoms with Crippen LogP contribution in [0.4, 0.5) is 0 Å². The molecule has 3 heteroatoms. The Labute approximate surface area is 119 Å². The third-order valence-corrected chi connectivity index (χ3v) is 3.53. The molecule has 0 aliphatic heterocycles. The summed E-state index contributed by atoms with van der Waals surface area (Å²) in [5.41, 5.74) is 2.21. The highest BCUT2D eigenvalue weighted by Gasteiger charge is 2.12. The molecule has 1 aromatic heterocycles. The summed E-state index contributed by atoms with van der Waals surface area (Å²) >= 11 is 3.37. The Hall–Kier alpha value is -2.00. The lowest BCUT2D eigenvalue weighted by atomic mass is 9.99. The van der Waals surface area contributed by atoms with Gasteiger partial charge in [-0.1, -0.05) is 34.1 Å². The number of carbonyl (C=O) groups is 1. The first-order valence-corrected chi connectivity index (χ1v) is 6.69. The molecule has 0 saturated carbocycles. The minimum absolute atomic E-state index is 0.0195. The van der Waals surface area contributed by atoms with E-state index in [0.29, 0.717) is 11.1 Å². The van der Waals surface area contributed by atoms with Gasteiger partial charge in [-0.05, 0) is 36.4 Å². The monoisotopic (exact) mass is 311 g/mol. The Bertz CT molecular complexity index is 745. The van der Waals surface area contributed by atoms with E-state index >= 15 is 0 Å². The SMILES string of the molecule is O=C(c1ccc(Br)cc1)c1cccc2ncccc12. The molecule has 3 aromatic rings. The number of benzene rings is 2.